The summed E-state index contributed by atoms with van der Waals surface area (Å²) in [6.07, 6.45) is 8.20. The lowest BCUT2D eigenvalue weighted by Gasteiger charge is -2.31. The molecule has 0 aliphatic carbocycles. The van der Waals surface area contributed by atoms with Crippen LogP contribution in [-0.2, 0) is 12.8 Å². The Labute approximate surface area is 231 Å². The highest BCUT2D eigenvalue weighted by atomic mass is 16.3. The molecular weight excluding hydrogens is 502 g/mol. The first-order chi connectivity index (χ1) is 19.5. The fourth-order valence-corrected chi connectivity index (χ4v) is 5.15. The molecule has 6 rings (SSSR count). The minimum absolute atomic E-state index is 0.0290. The number of ketones is 2. The molecule has 200 valence electrons. The number of benzene rings is 3. The van der Waals surface area contributed by atoms with Crippen molar-refractivity contribution in [3.05, 3.63) is 114 Å². The second-order valence-electron chi connectivity index (χ2n) is 10.2. The molecule has 0 bridgehead atoms. The fourth-order valence-electron chi connectivity index (χ4n) is 5.15. The lowest BCUT2D eigenvalue weighted by molar-refractivity contribution is 0.0984. The number of aromatic nitrogens is 4. The quantitative estimate of drug-likeness (QED) is 0.292. The lowest BCUT2D eigenvalue weighted by atomic mass is 10.0. The van der Waals surface area contributed by atoms with E-state index in [1.54, 1.807) is 6.20 Å². The summed E-state index contributed by atoms with van der Waals surface area (Å²) < 4.78 is 1.86. The number of anilines is 1. The molecule has 5 aromatic rings. The summed E-state index contributed by atoms with van der Waals surface area (Å²) in [6.45, 7) is 1.66. The molecule has 8 heteroatoms. The van der Waals surface area contributed by atoms with Gasteiger partial charge in [0.1, 0.15) is 6.33 Å². The van der Waals surface area contributed by atoms with Gasteiger partial charge in [-0.3, -0.25) is 9.59 Å². The van der Waals surface area contributed by atoms with Crippen molar-refractivity contribution in [3.8, 4) is 5.69 Å². The van der Waals surface area contributed by atoms with E-state index in [0.717, 1.165) is 59.3 Å². The monoisotopic (exact) mass is 531 g/mol. The standard InChI is InChI=1S/C32H29N5O3/c38-29-11-13-36(14-12-29)27-8-4-24(5-9-27)31(39)17-23-3-10-30-25(15-23)20-35-37(30)28-6-1-22(2-7-28)16-32(40)26-18-33-21-34-19-26/h1-10,15,18-21,29,38H,11-14,16-17H2. The van der Waals surface area contributed by atoms with E-state index < -0.39 is 0 Å². The molecule has 1 N–H and O–H groups in total. The van der Waals surface area contributed by atoms with Gasteiger partial charge in [-0.2, -0.15) is 5.10 Å². The van der Waals surface area contributed by atoms with E-state index in [-0.39, 0.29) is 24.1 Å². The second-order valence-corrected chi connectivity index (χ2v) is 10.2. The molecule has 3 heterocycles. The minimum Gasteiger partial charge on any atom is -0.393 e. The highest BCUT2D eigenvalue weighted by molar-refractivity contribution is 5.98. The van der Waals surface area contributed by atoms with Gasteiger partial charge in [-0.25, -0.2) is 14.6 Å². The predicted octanol–water partition coefficient (Wildman–Crippen LogP) is 4.63. The molecule has 1 fully saturated rings. The first kappa shape index (κ1) is 25.6. The second kappa shape index (κ2) is 11.2. The summed E-state index contributed by atoms with van der Waals surface area (Å²) in [6, 6.07) is 21.5. The zero-order valence-corrected chi connectivity index (χ0v) is 22.0. The van der Waals surface area contributed by atoms with Gasteiger partial charge < -0.3 is 10.0 Å². The maximum Gasteiger partial charge on any atom is 0.170 e. The Hall–Kier alpha value is -4.69. The molecular formula is C32H29N5O3. The number of rotatable bonds is 8. The molecule has 3 aromatic carbocycles. The van der Waals surface area contributed by atoms with Gasteiger partial charge in [0.15, 0.2) is 11.6 Å². The summed E-state index contributed by atoms with van der Waals surface area (Å²) in [5, 5.41) is 15.3. The molecule has 0 amide bonds. The van der Waals surface area contributed by atoms with Crippen LogP contribution in [0.1, 0.15) is 44.7 Å². The Kier molecular flexibility index (Phi) is 7.16. The van der Waals surface area contributed by atoms with Crippen molar-refractivity contribution in [3.63, 3.8) is 0 Å². The maximum absolute atomic E-state index is 13.0. The van der Waals surface area contributed by atoms with Crippen LogP contribution >= 0.6 is 0 Å². The van der Waals surface area contributed by atoms with E-state index in [0.29, 0.717) is 17.5 Å². The van der Waals surface area contributed by atoms with Crippen LogP contribution in [0.3, 0.4) is 0 Å². The average molecular weight is 532 g/mol. The molecule has 1 saturated heterocycles. The SMILES string of the molecule is O=C(Cc1ccc2c(cnn2-c2ccc(CC(=O)c3cncnc3)cc2)c1)c1ccc(N2CCC(O)CC2)cc1. The first-order valence-electron chi connectivity index (χ1n) is 13.4. The Morgan fingerprint density at radius 2 is 1.38 bits per heavy atom. The summed E-state index contributed by atoms with van der Waals surface area (Å²) in [5.74, 6) is 0.0400. The number of fused-ring (bicyclic) bond motifs is 1. The highest BCUT2D eigenvalue weighted by Crippen LogP contribution is 2.23. The third-order valence-electron chi connectivity index (χ3n) is 7.44. The fraction of sp³-hybridized carbons (Fsp3) is 0.219. The van der Waals surface area contributed by atoms with Crippen molar-refractivity contribution in [2.24, 2.45) is 0 Å². The molecule has 0 unspecified atom stereocenters. The van der Waals surface area contributed by atoms with Crippen LogP contribution in [0.15, 0.2) is 91.6 Å². The molecule has 40 heavy (non-hydrogen) atoms. The van der Waals surface area contributed by atoms with Crippen LogP contribution in [0, 0.1) is 0 Å². The van der Waals surface area contributed by atoms with E-state index in [1.165, 1.54) is 18.7 Å². The van der Waals surface area contributed by atoms with Crippen LogP contribution in [-0.4, -0.2) is 55.6 Å². The maximum atomic E-state index is 13.0. The largest absolute Gasteiger partial charge is 0.393 e. The van der Waals surface area contributed by atoms with Crippen LogP contribution in [0.2, 0.25) is 0 Å². The number of piperidine rings is 1. The van der Waals surface area contributed by atoms with Crippen molar-refractivity contribution < 1.29 is 14.7 Å². The predicted molar refractivity (Wildman–Crippen MR) is 153 cm³/mol. The van der Waals surface area contributed by atoms with E-state index in [1.807, 2.05) is 71.4 Å². The van der Waals surface area contributed by atoms with Crippen molar-refractivity contribution >= 4 is 28.2 Å². The lowest BCUT2D eigenvalue weighted by Crippen LogP contribution is -2.35. The van der Waals surface area contributed by atoms with Crippen LogP contribution in [0.5, 0.6) is 0 Å². The zero-order valence-electron chi connectivity index (χ0n) is 22.0. The molecule has 0 saturated carbocycles. The zero-order chi connectivity index (χ0) is 27.5. The van der Waals surface area contributed by atoms with Crippen molar-refractivity contribution in [1.29, 1.82) is 0 Å². The number of aliphatic hydroxyl groups is 1. The number of Topliss-reactive ketones (excluding diaryl/α,β-unsaturated/α-hetero) is 2. The molecule has 0 atom stereocenters. The number of nitrogens with zero attached hydrogens (tertiary/aromatic N) is 5. The topological polar surface area (TPSA) is 101 Å². The molecule has 2 aromatic heterocycles. The van der Waals surface area contributed by atoms with Gasteiger partial charge in [0.05, 0.1) is 29.1 Å². The Morgan fingerprint density at radius 3 is 2.10 bits per heavy atom. The Balaban J connectivity index is 1.11. The van der Waals surface area contributed by atoms with Crippen molar-refractivity contribution in [2.45, 2.75) is 31.8 Å². The minimum atomic E-state index is -0.208. The Bertz CT molecular complexity index is 1640. The first-order valence-corrected chi connectivity index (χ1v) is 13.4. The summed E-state index contributed by atoms with van der Waals surface area (Å²) in [7, 11) is 0. The number of carbonyl (C=O) groups excluding carboxylic acids is 2. The van der Waals surface area contributed by atoms with Gasteiger partial charge in [-0.1, -0.05) is 18.2 Å². The van der Waals surface area contributed by atoms with Gasteiger partial charge in [0.25, 0.3) is 0 Å². The number of hydrogen-bond acceptors (Lipinski definition) is 7. The molecule has 1 aliphatic rings. The van der Waals surface area contributed by atoms with E-state index in [9.17, 15) is 14.7 Å². The third kappa shape index (κ3) is 5.53. The van der Waals surface area contributed by atoms with Gasteiger partial charge in [0.2, 0.25) is 0 Å². The average Bonchev–Trinajstić information content (AvgIpc) is 3.42. The molecule has 8 nitrogen and oxygen atoms in total. The van der Waals surface area contributed by atoms with Crippen molar-refractivity contribution in [1.82, 2.24) is 19.7 Å². The van der Waals surface area contributed by atoms with E-state index in [4.69, 9.17) is 0 Å². The molecule has 0 spiro atoms. The van der Waals surface area contributed by atoms with Crippen molar-refractivity contribution in [2.75, 3.05) is 18.0 Å². The Morgan fingerprint density at radius 1 is 0.750 bits per heavy atom. The highest BCUT2D eigenvalue weighted by Gasteiger charge is 2.18. The summed E-state index contributed by atoms with van der Waals surface area (Å²) in [5.41, 5.74) is 5.94. The normalized spacial score (nSPS) is 14.0. The van der Waals surface area contributed by atoms with Gasteiger partial charge >= 0.3 is 0 Å². The van der Waals surface area contributed by atoms with Crippen LogP contribution in [0.25, 0.3) is 16.6 Å². The number of aliphatic hydroxyl groups excluding tert-OH is 1. The van der Waals surface area contributed by atoms with Gasteiger partial charge in [-0.15, -0.1) is 0 Å². The number of carbonyl (C=O) groups is 2. The smallest absolute Gasteiger partial charge is 0.170 e. The third-order valence-corrected chi connectivity index (χ3v) is 7.44. The van der Waals surface area contributed by atoms with Crippen LogP contribution in [0.4, 0.5) is 5.69 Å². The summed E-state index contributed by atoms with van der Waals surface area (Å²) >= 11 is 0. The molecule has 1 aliphatic heterocycles. The molecule has 0 radical (unpaired) electrons. The van der Waals surface area contributed by atoms with Crippen LogP contribution < -0.4 is 4.90 Å². The van der Waals surface area contributed by atoms with Gasteiger partial charge in [-0.05, 0) is 72.5 Å². The van der Waals surface area contributed by atoms with E-state index in [2.05, 4.69) is 20.0 Å². The summed E-state index contributed by atoms with van der Waals surface area (Å²) in [4.78, 5) is 35.5. The number of hydrogen-bond donors (Lipinski definition) is 1. The van der Waals surface area contributed by atoms with E-state index >= 15 is 0 Å². The van der Waals surface area contributed by atoms with Gasteiger partial charge in [0, 0.05) is 55.0 Å².